The van der Waals surface area contributed by atoms with Gasteiger partial charge in [0.2, 0.25) is 0 Å². The molecule has 1 aliphatic heterocycles. The first-order valence-corrected chi connectivity index (χ1v) is 8.12. The minimum atomic E-state index is 0.0681. The van der Waals surface area contributed by atoms with Gasteiger partial charge in [0, 0.05) is 12.6 Å². The largest absolute Gasteiger partial charge is 0.486 e. The maximum absolute atomic E-state index is 9.43. The van der Waals surface area contributed by atoms with Gasteiger partial charge in [-0.05, 0) is 35.2 Å². The zero-order chi connectivity index (χ0) is 16.1. The third kappa shape index (κ3) is 3.66. The highest BCUT2D eigenvalue weighted by Gasteiger charge is 2.16. The topological polar surface area (TPSA) is 50.7 Å². The van der Waals surface area contributed by atoms with Crippen LogP contribution >= 0.6 is 0 Å². The highest BCUT2D eigenvalue weighted by Crippen LogP contribution is 2.33. The highest BCUT2D eigenvalue weighted by atomic mass is 16.6. The number of fused-ring (bicyclic) bond motifs is 1. The van der Waals surface area contributed by atoms with Crippen LogP contribution in [-0.4, -0.2) is 18.3 Å². The second-order valence-electron chi connectivity index (χ2n) is 5.67. The van der Waals surface area contributed by atoms with Crippen molar-refractivity contribution in [2.45, 2.75) is 32.5 Å². The molecule has 1 unspecified atom stereocenters. The molecule has 4 heteroatoms. The molecule has 1 atom stereocenters. The molecule has 0 aromatic heterocycles. The number of hydrogen-bond acceptors (Lipinski definition) is 4. The molecule has 3 rings (SSSR count). The van der Waals surface area contributed by atoms with Crippen molar-refractivity contribution in [2.75, 3.05) is 13.2 Å². The first-order chi connectivity index (χ1) is 11.3. The summed E-state index contributed by atoms with van der Waals surface area (Å²) in [5, 5.41) is 13.0. The van der Waals surface area contributed by atoms with E-state index >= 15 is 0 Å². The number of hydrogen-bond donors (Lipinski definition) is 2. The van der Waals surface area contributed by atoms with Gasteiger partial charge in [-0.3, -0.25) is 0 Å². The van der Waals surface area contributed by atoms with Gasteiger partial charge < -0.3 is 19.9 Å². The molecule has 0 amide bonds. The molecule has 0 spiro atoms. The van der Waals surface area contributed by atoms with Crippen molar-refractivity contribution in [1.29, 1.82) is 0 Å². The first kappa shape index (κ1) is 15.8. The lowest BCUT2D eigenvalue weighted by Crippen LogP contribution is -2.22. The Balaban J connectivity index is 1.72. The van der Waals surface area contributed by atoms with E-state index in [4.69, 9.17) is 9.47 Å². The number of benzene rings is 2. The molecule has 122 valence electrons. The van der Waals surface area contributed by atoms with Gasteiger partial charge in [-0.2, -0.15) is 0 Å². The van der Waals surface area contributed by atoms with E-state index in [1.54, 1.807) is 0 Å². The maximum atomic E-state index is 9.43. The SMILES string of the molecule is CCC(NCc1ccccc1CO)c1ccc2c(c1)OCCO2. The Hall–Kier alpha value is -2.04. The van der Waals surface area contributed by atoms with Crippen LogP contribution in [0.5, 0.6) is 11.5 Å². The fourth-order valence-electron chi connectivity index (χ4n) is 2.89. The molecule has 0 fully saturated rings. The molecule has 2 aromatic rings. The Morgan fingerprint density at radius 2 is 1.78 bits per heavy atom. The molecule has 4 nitrogen and oxygen atoms in total. The van der Waals surface area contributed by atoms with E-state index in [-0.39, 0.29) is 12.6 Å². The third-order valence-corrected chi connectivity index (χ3v) is 4.20. The lowest BCUT2D eigenvalue weighted by Gasteiger charge is -2.22. The summed E-state index contributed by atoms with van der Waals surface area (Å²) in [4.78, 5) is 0. The Labute approximate surface area is 137 Å². The Morgan fingerprint density at radius 1 is 1.04 bits per heavy atom. The van der Waals surface area contributed by atoms with Gasteiger partial charge in [-0.1, -0.05) is 37.3 Å². The number of rotatable bonds is 6. The summed E-state index contributed by atoms with van der Waals surface area (Å²) in [6, 6.07) is 14.3. The molecule has 0 aliphatic carbocycles. The Bertz CT molecular complexity index is 657. The normalized spacial score (nSPS) is 14.5. The summed E-state index contributed by atoms with van der Waals surface area (Å²) in [6.45, 7) is 4.17. The van der Waals surface area contributed by atoms with Crippen molar-refractivity contribution >= 4 is 0 Å². The molecule has 1 aliphatic rings. The second-order valence-corrected chi connectivity index (χ2v) is 5.67. The predicted molar refractivity (Wildman–Crippen MR) is 89.7 cm³/mol. The molecule has 2 aromatic carbocycles. The number of ether oxygens (including phenoxy) is 2. The molecule has 0 radical (unpaired) electrons. The van der Waals surface area contributed by atoms with Gasteiger partial charge in [0.1, 0.15) is 13.2 Å². The van der Waals surface area contributed by atoms with Crippen molar-refractivity contribution in [3.05, 3.63) is 59.2 Å². The van der Waals surface area contributed by atoms with Crippen LogP contribution in [0.25, 0.3) is 0 Å². The summed E-state index contributed by atoms with van der Waals surface area (Å²) in [5.41, 5.74) is 3.29. The lowest BCUT2D eigenvalue weighted by atomic mass is 10.0. The Kier molecular flexibility index (Phi) is 5.16. The molecule has 2 N–H and O–H groups in total. The molecule has 23 heavy (non-hydrogen) atoms. The van der Waals surface area contributed by atoms with Crippen LogP contribution in [0.3, 0.4) is 0 Å². The summed E-state index contributed by atoms with van der Waals surface area (Å²) in [6.07, 6.45) is 0.973. The lowest BCUT2D eigenvalue weighted by molar-refractivity contribution is 0.171. The van der Waals surface area contributed by atoms with Crippen LogP contribution in [-0.2, 0) is 13.2 Å². The van der Waals surface area contributed by atoms with Crippen LogP contribution < -0.4 is 14.8 Å². The summed E-state index contributed by atoms with van der Waals surface area (Å²) < 4.78 is 11.3. The number of aliphatic hydroxyl groups excluding tert-OH is 1. The minimum absolute atomic E-state index is 0.0681. The molecule has 0 bridgehead atoms. The van der Waals surface area contributed by atoms with Gasteiger partial charge in [-0.25, -0.2) is 0 Å². The van der Waals surface area contributed by atoms with E-state index in [9.17, 15) is 5.11 Å². The van der Waals surface area contributed by atoms with E-state index in [0.717, 1.165) is 35.6 Å². The van der Waals surface area contributed by atoms with Crippen LogP contribution in [0.2, 0.25) is 0 Å². The summed E-state index contributed by atoms with van der Waals surface area (Å²) in [5.74, 6) is 1.64. The van der Waals surface area contributed by atoms with Crippen molar-refractivity contribution in [1.82, 2.24) is 5.32 Å². The molecular weight excluding hydrogens is 290 g/mol. The third-order valence-electron chi connectivity index (χ3n) is 4.20. The van der Waals surface area contributed by atoms with Crippen LogP contribution in [0.4, 0.5) is 0 Å². The van der Waals surface area contributed by atoms with Gasteiger partial charge in [0.15, 0.2) is 11.5 Å². The van der Waals surface area contributed by atoms with E-state index in [0.29, 0.717) is 13.2 Å². The van der Waals surface area contributed by atoms with Gasteiger partial charge in [0.25, 0.3) is 0 Å². The smallest absolute Gasteiger partial charge is 0.161 e. The fourth-order valence-corrected chi connectivity index (χ4v) is 2.89. The summed E-state index contributed by atoms with van der Waals surface area (Å²) in [7, 11) is 0. The van der Waals surface area contributed by atoms with Crippen molar-refractivity contribution in [2.24, 2.45) is 0 Å². The van der Waals surface area contributed by atoms with Crippen molar-refractivity contribution < 1.29 is 14.6 Å². The van der Waals surface area contributed by atoms with Gasteiger partial charge >= 0.3 is 0 Å². The molecule has 0 saturated carbocycles. The first-order valence-electron chi connectivity index (χ1n) is 8.12. The molecule has 1 heterocycles. The van der Waals surface area contributed by atoms with E-state index in [2.05, 4.69) is 30.4 Å². The minimum Gasteiger partial charge on any atom is -0.486 e. The van der Waals surface area contributed by atoms with Crippen LogP contribution in [0.15, 0.2) is 42.5 Å². The standard InChI is InChI=1S/C19H23NO3/c1-2-17(20-12-15-5-3-4-6-16(15)13-21)14-7-8-18-19(11-14)23-10-9-22-18/h3-8,11,17,20-21H,2,9-10,12-13H2,1H3. The van der Waals surface area contributed by atoms with Crippen LogP contribution in [0.1, 0.15) is 36.1 Å². The zero-order valence-corrected chi connectivity index (χ0v) is 13.4. The summed E-state index contributed by atoms with van der Waals surface area (Å²) >= 11 is 0. The predicted octanol–water partition coefficient (Wildman–Crippen LogP) is 3.19. The van der Waals surface area contributed by atoms with Crippen molar-refractivity contribution in [3.8, 4) is 11.5 Å². The van der Waals surface area contributed by atoms with Gasteiger partial charge in [0.05, 0.1) is 6.61 Å². The molecule has 0 saturated heterocycles. The highest BCUT2D eigenvalue weighted by molar-refractivity contribution is 5.44. The fraction of sp³-hybridized carbons (Fsp3) is 0.368. The maximum Gasteiger partial charge on any atom is 0.161 e. The number of aliphatic hydroxyl groups is 1. The zero-order valence-electron chi connectivity index (χ0n) is 13.4. The van der Waals surface area contributed by atoms with E-state index < -0.39 is 0 Å². The van der Waals surface area contributed by atoms with E-state index in [1.165, 1.54) is 5.56 Å². The van der Waals surface area contributed by atoms with Gasteiger partial charge in [-0.15, -0.1) is 0 Å². The Morgan fingerprint density at radius 3 is 2.52 bits per heavy atom. The van der Waals surface area contributed by atoms with Crippen LogP contribution in [0, 0.1) is 0 Å². The average Bonchev–Trinajstić information content (AvgIpc) is 2.62. The van der Waals surface area contributed by atoms with Crippen molar-refractivity contribution in [3.63, 3.8) is 0 Å². The average molecular weight is 313 g/mol. The quantitative estimate of drug-likeness (QED) is 0.860. The monoisotopic (exact) mass is 313 g/mol. The second kappa shape index (κ2) is 7.49. The number of nitrogens with one attached hydrogen (secondary N) is 1. The van der Waals surface area contributed by atoms with E-state index in [1.807, 2.05) is 24.3 Å². The molecular formula is C19H23NO3.